The van der Waals surface area contributed by atoms with Gasteiger partial charge in [0.1, 0.15) is 0 Å². The van der Waals surface area contributed by atoms with Crippen molar-refractivity contribution >= 4 is 17.8 Å². The van der Waals surface area contributed by atoms with Gasteiger partial charge in [-0.2, -0.15) is 0 Å². The lowest BCUT2D eigenvalue weighted by molar-refractivity contribution is -0.159. The number of aliphatic carboxylic acids is 2. The summed E-state index contributed by atoms with van der Waals surface area (Å²) in [6.45, 7) is 8.53. The zero-order valence-corrected chi connectivity index (χ0v) is 15.4. The van der Waals surface area contributed by atoms with Gasteiger partial charge in [-0.3, -0.25) is 9.69 Å². The van der Waals surface area contributed by atoms with Crippen LogP contribution in [-0.2, 0) is 14.4 Å². The Balaban J connectivity index is 0.000000450. The van der Waals surface area contributed by atoms with E-state index >= 15 is 0 Å². The topological polar surface area (TPSA) is 98.2 Å². The van der Waals surface area contributed by atoms with Crippen LogP contribution in [0.25, 0.3) is 0 Å². The molecule has 1 amide bonds. The van der Waals surface area contributed by atoms with Gasteiger partial charge >= 0.3 is 11.9 Å². The lowest BCUT2D eigenvalue weighted by Gasteiger charge is -2.38. The van der Waals surface area contributed by atoms with Crippen molar-refractivity contribution in [2.75, 3.05) is 26.2 Å². The molecule has 7 heteroatoms. The molecule has 2 rings (SSSR count). The number of carboxylic acids is 2. The lowest BCUT2D eigenvalue weighted by Crippen LogP contribution is -2.51. The molecule has 1 saturated carbocycles. The zero-order chi connectivity index (χ0) is 18.8. The summed E-state index contributed by atoms with van der Waals surface area (Å²) in [6.07, 6.45) is 8.59. The Morgan fingerprint density at radius 3 is 1.96 bits per heavy atom. The highest BCUT2D eigenvalue weighted by Crippen LogP contribution is 2.28. The maximum absolute atomic E-state index is 12.2. The summed E-state index contributed by atoms with van der Waals surface area (Å²) in [7, 11) is 0. The van der Waals surface area contributed by atoms with Gasteiger partial charge in [0.2, 0.25) is 5.91 Å². The third-order valence-electron chi connectivity index (χ3n) is 5.31. The molecule has 0 aromatic carbocycles. The number of carbonyl (C=O) groups is 3. The molecule has 2 fully saturated rings. The zero-order valence-electron chi connectivity index (χ0n) is 15.4. The van der Waals surface area contributed by atoms with Crippen LogP contribution in [0.5, 0.6) is 0 Å². The Hall–Kier alpha value is -1.63. The molecule has 1 saturated heterocycles. The molecule has 25 heavy (non-hydrogen) atoms. The van der Waals surface area contributed by atoms with Crippen LogP contribution in [0.4, 0.5) is 0 Å². The highest BCUT2D eigenvalue weighted by molar-refractivity contribution is 6.27. The van der Waals surface area contributed by atoms with Gasteiger partial charge in [-0.05, 0) is 25.7 Å². The van der Waals surface area contributed by atoms with Crippen molar-refractivity contribution < 1.29 is 24.6 Å². The molecular weight excluding hydrogens is 324 g/mol. The molecule has 1 aliphatic carbocycles. The fourth-order valence-corrected chi connectivity index (χ4v) is 3.46. The minimum atomic E-state index is -1.82. The van der Waals surface area contributed by atoms with Crippen LogP contribution >= 0.6 is 0 Å². The first-order chi connectivity index (χ1) is 11.8. The molecule has 2 N–H and O–H groups in total. The smallest absolute Gasteiger partial charge is 0.414 e. The van der Waals surface area contributed by atoms with Crippen molar-refractivity contribution in [1.82, 2.24) is 9.80 Å². The quantitative estimate of drug-likeness (QED) is 0.732. The standard InChI is InChI=1S/C16H30N2O.C2H2O4/c1-3-14(2)17-10-12-18(13-11-17)16(19)9-8-15-6-4-5-7-15;3-1(4)2(5)6/h14-15H,3-13H2,1-2H3;(H,3,4)(H,5,6). The van der Waals surface area contributed by atoms with Gasteiger partial charge in [-0.1, -0.05) is 32.6 Å². The van der Waals surface area contributed by atoms with E-state index in [2.05, 4.69) is 23.6 Å². The number of rotatable bonds is 5. The van der Waals surface area contributed by atoms with Crippen molar-refractivity contribution in [2.24, 2.45) is 5.92 Å². The molecule has 0 aromatic heterocycles. The van der Waals surface area contributed by atoms with Gasteiger partial charge in [-0.15, -0.1) is 0 Å². The molecule has 7 nitrogen and oxygen atoms in total. The average Bonchev–Trinajstić information content (AvgIpc) is 3.13. The van der Waals surface area contributed by atoms with E-state index in [1.807, 2.05) is 0 Å². The predicted molar refractivity (Wildman–Crippen MR) is 94.4 cm³/mol. The number of carboxylic acid groups (broad SMARTS) is 2. The van der Waals surface area contributed by atoms with E-state index in [0.717, 1.165) is 44.9 Å². The molecule has 0 radical (unpaired) electrons. The van der Waals surface area contributed by atoms with E-state index in [4.69, 9.17) is 19.8 Å². The normalized spacial score (nSPS) is 19.8. The van der Waals surface area contributed by atoms with Gasteiger partial charge in [0.15, 0.2) is 0 Å². The number of nitrogens with zero attached hydrogens (tertiary/aromatic N) is 2. The molecule has 0 bridgehead atoms. The Kier molecular flexibility index (Phi) is 9.49. The Morgan fingerprint density at radius 2 is 1.52 bits per heavy atom. The lowest BCUT2D eigenvalue weighted by atomic mass is 10.0. The SMILES string of the molecule is CCC(C)N1CCN(C(=O)CCC2CCCC2)CC1.O=C(O)C(=O)O. The number of hydrogen-bond acceptors (Lipinski definition) is 4. The van der Waals surface area contributed by atoms with E-state index in [9.17, 15) is 4.79 Å². The van der Waals surface area contributed by atoms with Gasteiger partial charge in [0, 0.05) is 38.6 Å². The average molecular weight is 356 g/mol. The largest absolute Gasteiger partial charge is 0.473 e. The molecule has 1 atom stereocenters. The summed E-state index contributed by atoms with van der Waals surface area (Å²) >= 11 is 0. The Bertz CT molecular complexity index is 429. The van der Waals surface area contributed by atoms with E-state index < -0.39 is 11.9 Å². The first kappa shape index (κ1) is 21.4. The highest BCUT2D eigenvalue weighted by atomic mass is 16.4. The number of hydrogen-bond donors (Lipinski definition) is 2. The molecule has 144 valence electrons. The van der Waals surface area contributed by atoms with Gasteiger partial charge < -0.3 is 15.1 Å². The Morgan fingerprint density at radius 1 is 1.00 bits per heavy atom. The first-order valence-electron chi connectivity index (χ1n) is 9.33. The molecule has 2 aliphatic rings. The molecule has 1 heterocycles. The summed E-state index contributed by atoms with van der Waals surface area (Å²) in [5, 5.41) is 14.8. The minimum absolute atomic E-state index is 0.399. The van der Waals surface area contributed by atoms with E-state index in [-0.39, 0.29) is 0 Å². The van der Waals surface area contributed by atoms with Crippen molar-refractivity contribution in [1.29, 1.82) is 0 Å². The van der Waals surface area contributed by atoms with Crippen molar-refractivity contribution in [3.8, 4) is 0 Å². The van der Waals surface area contributed by atoms with Crippen LogP contribution in [0.3, 0.4) is 0 Å². The second kappa shape index (κ2) is 11.1. The highest BCUT2D eigenvalue weighted by Gasteiger charge is 2.24. The fourth-order valence-electron chi connectivity index (χ4n) is 3.46. The summed E-state index contributed by atoms with van der Waals surface area (Å²) in [6, 6.07) is 0.663. The summed E-state index contributed by atoms with van der Waals surface area (Å²) < 4.78 is 0. The van der Waals surface area contributed by atoms with Crippen LogP contribution in [0.15, 0.2) is 0 Å². The van der Waals surface area contributed by atoms with Crippen LogP contribution in [0.1, 0.15) is 58.8 Å². The number of piperazine rings is 1. The van der Waals surface area contributed by atoms with E-state index in [1.165, 1.54) is 32.1 Å². The number of carbonyl (C=O) groups excluding carboxylic acids is 1. The van der Waals surface area contributed by atoms with Crippen LogP contribution in [-0.4, -0.2) is 70.1 Å². The van der Waals surface area contributed by atoms with Gasteiger partial charge in [-0.25, -0.2) is 9.59 Å². The third-order valence-corrected chi connectivity index (χ3v) is 5.31. The van der Waals surface area contributed by atoms with Crippen molar-refractivity contribution in [2.45, 2.75) is 64.8 Å². The first-order valence-corrected chi connectivity index (χ1v) is 9.33. The molecular formula is C18H32N2O5. The second-order valence-corrected chi connectivity index (χ2v) is 6.97. The molecule has 0 aromatic rings. The van der Waals surface area contributed by atoms with Gasteiger partial charge in [0.25, 0.3) is 0 Å². The summed E-state index contributed by atoms with van der Waals surface area (Å²) in [5.74, 6) is -2.41. The van der Waals surface area contributed by atoms with Crippen LogP contribution < -0.4 is 0 Å². The van der Waals surface area contributed by atoms with Crippen molar-refractivity contribution in [3.63, 3.8) is 0 Å². The molecule has 1 aliphatic heterocycles. The maximum Gasteiger partial charge on any atom is 0.414 e. The number of amides is 1. The van der Waals surface area contributed by atoms with Crippen LogP contribution in [0, 0.1) is 5.92 Å². The minimum Gasteiger partial charge on any atom is -0.473 e. The Labute approximate surface area is 150 Å². The van der Waals surface area contributed by atoms with E-state index in [0.29, 0.717) is 11.9 Å². The van der Waals surface area contributed by atoms with E-state index in [1.54, 1.807) is 0 Å². The van der Waals surface area contributed by atoms with Gasteiger partial charge in [0.05, 0.1) is 0 Å². The summed E-state index contributed by atoms with van der Waals surface area (Å²) in [5.41, 5.74) is 0. The maximum atomic E-state index is 12.2. The third kappa shape index (κ3) is 7.86. The second-order valence-electron chi connectivity index (χ2n) is 6.97. The monoisotopic (exact) mass is 356 g/mol. The summed E-state index contributed by atoms with van der Waals surface area (Å²) in [4.78, 5) is 35.0. The fraction of sp³-hybridized carbons (Fsp3) is 0.833. The predicted octanol–water partition coefficient (Wildman–Crippen LogP) is 2.06. The van der Waals surface area contributed by atoms with Crippen molar-refractivity contribution in [3.05, 3.63) is 0 Å². The van der Waals surface area contributed by atoms with Crippen LogP contribution in [0.2, 0.25) is 0 Å². The molecule has 1 unspecified atom stereocenters. The molecule has 0 spiro atoms.